The van der Waals surface area contributed by atoms with Crippen molar-refractivity contribution in [3.8, 4) is 11.5 Å². The van der Waals surface area contributed by atoms with Gasteiger partial charge >= 0.3 is 0 Å². The Balaban J connectivity index is 2.02. The molecule has 1 aromatic rings. The second-order valence-corrected chi connectivity index (χ2v) is 5.00. The molecular formula is C15H23NO4. The molecule has 3 atom stereocenters. The van der Waals surface area contributed by atoms with Crippen molar-refractivity contribution in [3.63, 3.8) is 0 Å². The Labute approximate surface area is 119 Å². The minimum atomic E-state index is -0.646. The van der Waals surface area contributed by atoms with Crippen LogP contribution in [-0.2, 0) is 4.74 Å². The van der Waals surface area contributed by atoms with Gasteiger partial charge in [-0.05, 0) is 31.5 Å². The zero-order valence-electron chi connectivity index (χ0n) is 12.3. The first kappa shape index (κ1) is 15.1. The molecule has 1 aromatic carbocycles. The Morgan fingerprint density at radius 3 is 2.80 bits per heavy atom. The first-order valence-corrected chi connectivity index (χ1v) is 6.90. The van der Waals surface area contributed by atoms with Gasteiger partial charge in [-0.2, -0.15) is 0 Å². The first-order valence-electron chi connectivity index (χ1n) is 6.90. The van der Waals surface area contributed by atoms with E-state index in [4.69, 9.17) is 14.2 Å². The van der Waals surface area contributed by atoms with Crippen LogP contribution in [0.4, 0.5) is 0 Å². The molecule has 1 heterocycles. The topological polar surface area (TPSA) is 60.0 Å². The smallest absolute Gasteiger partial charge is 0.124 e. The van der Waals surface area contributed by atoms with Crippen molar-refractivity contribution in [1.29, 1.82) is 0 Å². The van der Waals surface area contributed by atoms with Crippen molar-refractivity contribution in [1.82, 2.24) is 5.32 Å². The lowest BCUT2D eigenvalue weighted by Crippen LogP contribution is -2.37. The van der Waals surface area contributed by atoms with Crippen LogP contribution in [0.2, 0.25) is 0 Å². The number of ether oxygens (including phenoxy) is 3. The maximum atomic E-state index is 10.4. The molecule has 0 aliphatic carbocycles. The predicted octanol–water partition coefficient (Wildman–Crippen LogP) is 1.50. The summed E-state index contributed by atoms with van der Waals surface area (Å²) in [5, 5.41) is 13.7. The van der Waals surface area contributed by atoms with E-state index in [0.717, 1.165) is 18.6 Å². The second-order valence-electron chi connectivity index (χ2n) is 5.00. The van der Waals surface area contributed by atoms with Crippen molar-refractivity contribution >= 4 is 0 Å². The summed E-state index contributed by atoms with van der Waals surface area (Å²) in [4.78, 5) is 0. The zero-order chi connectivity index (χ0) is 14.5. The monoisotopic (exact) mass is 281 g/mol. The number of rotatable bonds is 6. The second kappa shape index (κ2) is 6.92. The van der Waals surface area contributed by atoms with E-state index < -0.39 is 6.10 Å². The molecule has 5 nitrogen and oxygen atoms in total. The number of methoxy groups -OCH3 is 2. The molecule has 1 saturated heterocycles. The number of nitrogens with one attached hydrogen (secondary N) is 1. The molecule has 112 valence electrons. The van der Waals surface area contributed by atoms with Crippen LogP contribution in [-0.4, -0.2) is 44.6 Å². The summed E-state index contributed by atoms with van der Waals surface area (Å²) in [7, 11) is 3.20. The molecule has 0 spiro atoms. The Kier molecular flexibility index (Phi) is 5.23. The van der Waals surface area contributed by atoms with Gasteiger partial charge in [0.15, 0.2) is 0 Å². The SMILES string of the molecule is COc1ccc(OC)c(C(O)CNC2CCOC2C)c1. The largest absolute Gasteiger partial charge is 0.497 e. The minimum Gasteiger partial charge on any atom is -0.497 e. The molecule has 1 fully saturated rings. The molecular weight excluding hydrogens is 258 g/mol. The van der Waals surface area contributed by atoms with Crippen LogP contribution in [0.5, 0.6) is 11.5 Å². The van der Waals surface area contributed by atoms with Gasteiger partial charge in [0.05, 0.1) is 26.4 Å². The summed E-state index contributed by atoms with van der Waals surface area (Å²) < 4.78 is 16.0. The summed E-state index contributed by atoms with van der Waals surface area (Å²) in [6.45, 7) is 3.28. The molecule has 0 radical (unpaired) electrons. The summed E-state index contributed by atoms with van der Waals surface area (Å²) in [6, 6.07) is 5.72. The van der Waals surface area contributed by atoms with Crippen LogP contribution >= 0.6 is 0 Å². The number of aliphatic hydroxyl groups is 1. The number of benzene rings is 1. The van der Waals surface area contributed by atoms with Crippen molar-refractivity contribution in [3.05, 3.63) is 23.8 Å². The van der Waals surface area contributed by atoms with E-state index in [-0.39, 0.29) is 6.10 Å². The van der Waals surface area contributed by atoms with Crippen molar-refractivity contribution in [2.24, 2.45) is 0 Å². The minimum absolute atomic E-state index is 0.189. The van der Waals surface area contributed by atoms with E-state index >= 15 is 0 Å². The average Bonchev–Trinajstić information content (AvgIpc) is 2.89. The van der Waals surface area contributed by atoms with E-state index in [2.05, 4.69) is 5.32 Å². The zero-order valence-corrected chi connectivity index (χ0v) is 12.3. The molecule has 20 heavy (non-hydrogen) atoms. The fraction of sp³-hybridized carbons (Fsp3) is 0.600. The number of aliphatic hydroxyl groups excluding tert-OH is 1. The third kappa shape index (κ3) is 3.42. The summed E-state index contributed by atoms with van der Waals surface area (Å²) in [5.74, 6) is 1.37. The third-order valence-electron chi connectivity index (χ3n) is 3.75. The Hall–Kier alpha value is -1.30. The van der Waals surface area contributed by atoms with Crippen molar-refractivity contribution in [2.75, 3.05) is 27.4 Å². The van der Waals surface area contributed by atoms with E-state index in [1.807, 2.05) is 13.0 Å². The molecule has 0 saturated carbocycles. The first-order chi connectivity index (χ1) is 9.65. The van der Waals surface area contributed by atoms with E-state index in [1.54, 1.807) is 26.4 Å². The summed E-state index contributed by atoms with van der Waals surface area (Å²) in [5.41, 5.74) is 0.728. The maximum Gasteiger partial charge on any atom is 0.124 e. The highest BCUT2D eigenvalue weighted by molar-refractivity contribution is 5.41. The Morgan fingerprint density at radius 1 is 1.40 bits per heavy atom. The van der Waals surface area contributed by atoms with Crippen LogP contribution in [0.15, 0.2) is 18.2 Å². The van der Waals surface area contributed by atoms with Crippen LogP contribution in [0, 0.1) is 0 Å². The van der Waals surface area contributed by atoms with E-state index in [1.165, 1.54) is 0 Å². The molecule has 0 aromatic heterocycles. The van der Waals surface area contributed by atoms with Gasteiger partial charge < -0.3 is 24.6 Å². The highest BCUT2D eigenvalue weighted by Crippen LogP contribution is 2.29. The van der Waals surface area contributed by atoms with Crippen LogP contribution in [0.1, 0.15) is 25.0 Å². The molecule has 3 unspecified atom stereocenters. The number of hydrogen-bond donors (Lipinski definition) is 2. The van der Waals surface area contributed by atoms with Gasteiger partial charge in [-0.15, -0.1) is 0 Å². The highest BCUT2D eigenvalue weighted by Gasteiger charge is 2.25. The molecule has 1 aliphatic rings. The van der Waals surface area contributed by atoms with Gasteiger partial charge in [0, 0.05) is 24.8 Å². The lowest BCUT2D eigenvalue weighted by atomic mass is 10.1. The third-order valence-corrected chi connectivity index (χ3v) is 3.75. The summed E-state index contributed by atoms with van der Waals surface area (Å²) in [6.07, 6.45) is 0.519. The summed E-state index contributed by atoms with van der Waals surface area (Å²) >= 11 is 0. The molecule has 2 N–H and O–H groups in total. The van der Waals surface area contributed by atoms with Gasteiger partial charge in [0.25, 0.3) is 0 Å². The van der Waals surface area contributed by atoms with Crippen LogP contribution in [0.25, 0.3) is 0 Å². The van der Waals surface area contributed by atoms with Gasteiger partial charge in [-0.3, -0.25) is 0 Å². The molecule has 1 aliphatic heterocycles. The van der Waals surface area contributed by atoms with Crippen molar-refractivity contribution < 1.29 is 19.3 Å². The standard InChI is InChI=1S/C15H23NO4/c1-10-13(6-7-20-10)16-9-14(17)12-8-11(18-2)4-5-15(12)19-3/h4-5,8,10,13-14,16-17H,6-7,9H2,1-3H3. The van der Waals surface area contributed by atoms with E-state index in [0.29, 0.717) is 24.1 Å². The van der Waals surface area contributed by atoms with Gasteiger partial charge in [0.1, 0.15) is 11.5 Å². The lowest BCUT2D eigenvalue weighted by Gasteiger charge is -2.20. The quantitative estimate of drug-likeness (QED) is 0.827. The molecule has 0 amide bonds. The normalized spacial score (nSPS) is 23.6. The van der Waals surface area contributed by atoms with Crippen LogP contribution < -0.4 is 14.8 Å². The maximum absolute atomic E-state index is 10.4. The van der Waals surface area contributed by atoms with Gasteiger partial charge in [-0.25, -0.2) is 0 Å². The molecule has 2 rings (SSSR count). The average molecular weight is 281 g/mol. The van der Waals surface area contributed by atoms with Crippen molar-refractivity contribution in [2.45, 2.75) is 31.6 Å². The molecule has 0 bridgehead atoms. The Morgan fingerprint density at radius 2 is 2.20 bits per heavy atom. The molecule has 5 heteroatoms. The van der Waals surface area contributed by atoms with Crippen LogP contribution in [0.3, 0.4) is 0 Å². The fourth-order valence-electron chi connectivity index (χ4n) is 2.47. The van der Waals surface area contributed by atoms with E-state index in [9.17, 15) is 5.11 Å². The van der Waals surface area contributed by atoms with Gasteiger partial charge in [0.2, 0.25) is 0 Å². The lowest BCUT2D eigenvalue weighted by molar-refractivity contribution is 0.106. The number of hydrogen-bond acceptors (Lipinski definition) is 5. The predicted molar refractivity (Wildman–Crippen MR) is 76.3 cm³/mol. The highest BCUT2D eigenvalue weighted by atomic mass is 16.5. The van der Waals surface area contributed by atoms with Gasteiger partial charge in [-0.1, -0.05) is 0 Å². The Bertz CT molecular complexity index is 438. The fourth-order valence-corrected chi connectivity index (χ4v) is 2.47.